The number of hydrogen-bond donors (Lipinski definition) is 2. The number of rotatable bonds is 6. The van der Waals surface area contributed by atoms with Crippen molar-refractivity contribution >= 4 is 0 Å². The van der Waals surface area contributed by atoms with Gasteiger partial charge in [-0.2, -0.15) is 0 Å². The van der Waals surface area contributed by atoms with E-state index in [-0.39, 0.29) is 6.04 Å². The monoisotopic (exact) mass is 232 g/mol. The highest BCUT2D eigenvalue weighted by molar-refractivity contribution is 5.14. The van der Waals surface area contributed by atoms with Crippen LogP contribution in [0.15, 0.2) is 30.3 Å². The van der Waals surface area contributed by atoms with Crippen LogP contribution in [0.3, 0.4) is 0 Å². The molecule has 1 aliphatic rings. The van der Waals surface area contributed by atoms with E-state index in [9.17, 15) is 0 Å². The zero-order valence-corrected chi connectivity index (χ0v) is 10.6. The Labute approximate surface area is 105 Å². The van der Waals surface area contributed by atoms with E-state index < -0.39 is 0 Å². The minimum Gasteiger partial charge on any atom is -0.327 e. The second-order valence-electron chi connectivity index (χ2n) is 5.17. The summed E-state index contributed by atoms with van der Waals surface area (Å²) in [5, 5.41) is 3.59. The van der Waals surface area contributed by atoms with Crippen molar-refractivity contribution in [3.05, 3.63) is 35.9 Å². The van der Waals surface area contributed by atoms with E-state index in [0.717, 1.165) is 25.4 Å². The molecule has 1 aliphatic carbocycles. The van der Waals surface area contributed by atoms with Gasteiger partial charge in [0.05, 0.1) is 0 Å². The summed E-state index contributed by atoms with van der Waals surface area (Å²) in [6.07, 6.45) is 7.61. The van der Waals surface area contributed by atoms with Crippen molar-refractivity contribution in [1.82, 2.24) is 5.32 Å². The van der Waals surface area contributed by atoms with Crippen molar-refractivity contribution in [2.24, 2.45) is 5.73 Å². The summed E-state index contributed by atoms with van der Waals surface area (Å²) >= 11 is 0. The van der Waals surface area contributed by atoms with Gasteiger partial charge >= 0.3 is 0 Å². The molecule has 0 amide bonds. The summed E-state index contributed by atoms with van der Waals surface area (Å²) in [5.74, 6) is 0. The average molecular weight is 232 g/mol. The van der Waals surface area contributed by atoms with Gasteiger partial charge in [-0.15, -0.1) is 0 Å². The van der Waals surface area contributed by atoms with E-state index in [1.807, 2.05) is 0 Å². The molecule has 1 saturated carbocycles. The largest absolute Gasteiger partial charge is 0.327 e. The Morgan fingerprint density at radius 1 is 1.18 bits per heavy atom. The van der Waals surface area contributed by atoms with Crippen LogP contribution in [-0.2, 0) is 6.42 Å². The Morgan fingerprint density at radius 3 is 2.59 bits per heavy atom. The molecule has 1 atom stereocenters. The second-order valence-corrected chi connectivity index (χ2v) is 5.17. The van der Waals surface area contributed by atoms with E-state index in [1.54, 1.807) is 0 Å². The predicted molar refractivity (Wildman–Crippen MR) is 73.0 cm³/mol. The average Bonchev–Trinajstić information content (AvgIpc) is 2.88. The summed E-state index contributed by atoms with van der Waals surface area (Å²) in [6, 6.07) is 11.6. The van der Waals surface area contributed by atoms with E-state index >= 15 is 0 Å². The maximum Gasteiger partial charge on any atom is 0.0168 e. The molecule has 1 fully saturated rings. The van der Waals surface area contributed by atoms with Crippen LogP contribution >= 0.6 is 0 Å². The molecule has 0 radical (unpaired) electrons. The quantitative estimate of drug-likeness (QED) is 0.791. The maximum atomic E-state index is 6.14. The lowest BCUT2D eigenvalue weighted by molar-refractivity contribution is 0.471. The molecule has 3 N–H and O–H groups in total. The lowest BCUT2D eigenvalue weighted by atomic mass is 10.1. The highest BCUT2D eigenvalue weighted by Gasteiger charge is 2.14. The number of nitrogens with one attached hydrogen (secondary N) is 1. The van der Waals surface area contributed by atoms with Gasteiger partial charge in [0.25, 0.3) is 0 Å². The zero-order valence-electron chi connectivity index (χ0n) is 10.6. The number of hydrogen-bond acceptors (Lipinski definition) is 2. The van der Waals surface area contributed by atoms with Crippen molar-refractivity contribution in [2.45, 2.75) is 50.6 Å². The SMILES string of the molecule is NC(CCc1ccccc1)CNC1CCCC1. The van der Waals surface area contributed by atoms with Crippen LogP contribution in [-0.4, -0.2) is 18.6 Å². The molecular weight excluding hydrogens is 208 g/mol. The van der Waals surface area contributed by atoms with Gasteiger partial charge in [-0.05, 0) is 31.2 Å². The fourth-order valence-corrected chi connectivity index (χ4v) is 2.55. The summed E-state index contributed by atoms with van der Waals surface area (Å²) in [6.45, 7) is 0.970. The second kappa shape index (κ2) is 6.77. The van der Waals surface area contributed by atoms with Crippen molar-refractivity contribution in [1.29, 1.82) is 0 Å². The minimum absolute atomic E-state index is 0.288. The van der Waals surface area contributed by atoms with Crippen molar-refractivity contribution in [2.75, 3.05) is 6.54 Å². The molecule has 94 valence electrons. The van der Waals surface area contributed by atoms with E-state index in [0.29, 0.717) is 0 Å². The fraction of sp³-hybridized carbons (Fsp3) is 0.600. The normalized spacial score (nSPS) is 18.4. The molecule has 1 unspecified atom stereocenters. The maximum absolute atomic E-state index is 6.14. The number of aryl methyl sites for hydroxylation is 1. The Hall–Kier alpha value is -0.860. The summed E-state index contributed by atoms with van der Waals surface area (Å²) in [5.41, 5.74) is 7.53. The molecule has 0 heterocycles. The lowest BCUT2D eigenvalue weighted by Crippen LogP contribution is -2.38. The van der Waals surface area contributed by atoms with Crippen LogP contribution in [0.4, 0.5) is 0 Å². The van der Waals surface area contributed by atoms with Crippen LogP contribution in [0.5, 0.6) is 0 Å². The molecule has 0 saturated heterocycles. The number of benzene rings is 1. The molecule has 0 aliphatic heterocycles. The molecular formula is C15H24N2. The Morgan fingerprint density at radius 2 is 1.88 bits per heavy atom. The lowest BCUT2D eigenvalue weighted by Gasteiger charge is -2.16. The first kappa shape index (κ1) is 12.6. The molecule has 0 bridgehead atoms. The van der Waals surface area contributed by atoms with Crippen LogP contribution in [0.25, 0.3) is 0 Å². The van der Waals surface area contributed by atoms with Gasteiger partial charge in [0, 0.05) is 18.6 Å². The van der Waals surface area contributed by atoms with Gasteiger partial charge < -0.3 is 11.1 Å². The first-order valence-electron chi connectivity index (χ1n) is 6.87. The van der Waals surface area contributed by atoms with Crippen molar-refractivity contribution in [3.63, 3.8) is 0 Å². The van der Waals surface area contributed by atoms with Gasteiger partial charge in [0.15, 0.2) is 0 Å². The summed E-state index contributed by atoms with van der Waals surface area (Å²) in [4.78, 5) is 0. The number of nitrogens with two attached hydrogens (primary N) is 1. The third-order valence-electron chi connectivity index (χ3n) is 3.67. The van der Waals surface area contributed by atoms with Crippen molar-refractivity contribution < 1.29 is 0 Å². The van der Waals surface area contributed by atoms with Crippen LogP contribution in [0.1, 0.15) is 37.7 Å². The Balaban J connectivity index is 1.62. The standard InChI is InChI=1S/C15H24N2/c16-14(12-17-15-8-4-5-9-15)11-10-13-6-2-1-3-7-13/h1-3,6-7,14-15,17H,4-5,8-12,16H2. The molecule has 17 heavy (non-hydrogen) atoms. The molecule has 0 spiro atoms. The first-order chi connectivity index (χ1) is 8.34. The minimum atomic E-state index is 0.288. The van der Waals surface area contributed by atoms with Gasteiger partial charge in [0.1, 0.15) is 0 Å². The molecule has 2 heteroatoms. The van der Waals surface area contributed by atoms with Gasteiger partial charge in [0.2, 0.25) is 0 Å². The highest BCUT2D eigenvalue weighted by atomic mass is 14.9. The molecule has 1 aromatic carbocycles. The molecule has 2 nitrogen and oxygen atoms in total. The Bertz CT molecular complexity index is 304. The van der Waals surface area contributed by atoms with Crippen LogP contribution in [0.2, 0.25) is 0 Å². The smallest absolute Gasteiger partial charge is 0.0168 e. The molecule has 2 rings (SSSR count). The third kappa shape index (κ3) is 4.49. The van der Waals surface area contributed by atoms with E-state index in [2.05, 4.69) is 35.6 Å². The van der Waals surface area contributed by atoms with E-state index in [4.69, 9.17) is 5.73 Å². The summed E-state index contributed by atoms with van der Waals surface area (Å²) in [7, 11) is 0. The van der Waals surface area contributed by atoms with Gasteiger partial charge in [-0.3, -0.25) is 0 Å². The van der Waals surface area contributed by atoms with Crippen LogP contribution in [0, 0.1) is 0 Å². The third-order valence-corrected chi connectivity index (χ3v) is 3.67. The first-order valence-corrected chi connectivity index (χ1v) is 6.87. The predicted octanol–water partition coefficient (Wildman–Crippen LogP) is 2.48. The Kier molecular flexibility index (Phi) is 5.02. The van der Waals surface area contributed by atoms with Gasteiger partial charge in [-0.25, -0.2) is 0 Å². The zero-order chi connectivity index (χ0) is 11.9. The topological polar surface area (TPSA) is 38.0 Å². The van der Waals surface area contributed by atoms with Gasteiger partial charge in [-0.1, -0.05) is 43.2 Å². The van der Waals surface area contributed by atoms with Crippen molar-refractivity contribution in [3.8, 4) is 0 Å². The fourth-order valence-electron chi connectivity index (χ4n) is 2.55. The van der Waals surface area contributed by atoms with E-state index in [1.165, 1.54) is 31.2 Å². The summed E-state index contributed by atoms with van der Waals surface area (Å²) < 4.78 is 0. The van der Waals surface area contributed by atoms with Crippen LogP contribution < -0.4 is 11.1 Å². The molecule has 1 aromatic rings. The molecule has 0 aromatic heterocycles. The highest BCUT2D eigenvalue weighted by Crippen LogP contribution is 2.17.